The fraction of sp³-hybridized carbons (Fsp3) is 0.333. The van der Waals surface area contributed by atoms with E-state index in [-0.39, 0.29) is 39.2 Å². The van der Waals surface area contributed by atoms with Gasteiger partial charge in [-0.15, -0.1) is 0 Å². The summed E-state index contributed by atoms with van der Waals surface area (Å²) in [6.07, 6.45) is 3.68. The van der Waals surface area contributed by atoms with Gasteiger partial charge in [-0.05, 0) is 54.2 Å². The first-order valence-electron chi connectivity index (χ1n) is 12.3. The zero-order valence-corrected chi connectivity index (χ0v) is 22.3. The number of carbonyl (C=O) groups excluding carboxylic acids is 2. The topological polar surface area (TPSA) is 111 Å². The molecule has 2 atom stereocenters. The summed E-state index contributed by atoms with van der Waals surface area (Å²) >= 11 is 12.6. The van der Waals surface area contributed by atoms with Crippen LogP contribution in [0.3, 0.4) is 0 Å². The number of rotatable bonds is 11. The van der Waals surface area contributed by atoms with Crippen LogP contribution in [0.4, 0.5) is 8.78 Å². The summed E-state index contributed by atoms with van der Waals surface area (Å²) in [5, 5.41) is 11.0. The van der Waals surface area contributed by atoms with Crippen LogP contribution in [0.2, 0.25) is 10.0 Å². The van der Waals surface area contributed by atoms with E-state index in [1.165, 1.54) is 42.9 Å². The van der Waals surface area contributed by atoms with E-state index in [0.717, 1.165) is 17.7 Å². The van der Waals surface area contributed by atoms with E-state index in [9.17, 15) is 23.5 Å². The van der Waals surface area contributed by atoms with Gasteiger partial charge in [-0.25, -0.2) is 0 Å². The zero-order chi connectivity index (χ0) is 28.4. The number of halogens is 4. The zero-order valence-electron chi connectivity index (χ0n) is 20.8. The Morgan fingerprint density at radius 2 is 1.90 bits per heavy atom. The molecule has 2 aliphatic rings. The van der Waals surface area contributed by atoms with E-state index >= 15 is 0 Å². The van der Waals surface area contributed by atoms with Crippen molar-refractivity contribution in [3.05, 3.63) is 81.4 Å². The third-order valence-electron chi connectivity index (χ3n) is 6.51. The average molecular weight is 594 g/mol. The van der Waals surface area contributed by atoms with Gasteiger partial charge in [0, 0.05) is 25.0 Å². The van der Waals surface area contributed by atoms with Gasteiger partial charge < -0.3 is 19.3 Å². The maximum atomic E-state index is 13.1. The lowest BCUT2D eigenvalue weighted by Gasteiger charge is -2.24. The molecule has 9 nitrogen and oxygen atoms in total. The first kappa shape index (κ1) is 28.0. The Morgan fingerprint density at radius 3 is 2.58 bits per heavy atom. The quantitative estimate of drug-likeness (QED) is 0.304. The summed E-state index contributed by atoms with van der Waals surface area (Å²) in [5.41, 5.74) is 1.13. The third kappa shape index (κ3) is 6.27. The van der Waals surface area contributed by atoms with Crippen molar-refractivity contribution in [1.82, 2.24) is 14.9 Å². The molecule has 5 rings (SSSR count). The van der Waals surface area contributed by atoms with Crippen LogP contribution < -0.4 is 9.47 Å². The molecule has 0 radical (unpaired) electrons. The van der Waals surface area contributed by atoms with Crippen molar-refractivity contribution in [3.63, 3.8) is 0 Å². The van der Waals surface area contributed by atoms with Crippen molar-refractivity contribution in [2.24, 2.45) is 5.92 Å². The molecule has 0 spiro atoms. The highest BCUT2D eigenvalue weighted by Gasteiger charge is 2.38. The first-order chi connectivity index (χ1) is 19.2. The molecule has 1 aromatic carbocycles. The molecule has 13 heteroatoms. The van der Waals surface area contributed by atoms with Crippen LogP contribution in [-0.4, -0.2) is 51.6 Å². The Balaban J connectivity index is 1.42. The fourth-order valence-electron chi connectivity index (χ4n) is 4.28. The van der Waals surface area contributed by atoms with Crippen molar-refractivity contribution in [1.29, 1.82) is 0 Å². The third-order valence-corrected chi connectivity index (χ3v) is 7.16. The number of esters is 1. The molecule has 0 saturated heterocycles. The van der Waals surface area contributed by atoms with Crippen LogP contribution in [0.25, 0.3) is 0 Å². The number of fused-ring (bicyclic) bond motifs is 1. The molecule has 1 N–H and O–H groups in total. The fourth-order valence-corrected chi connectivity index (χ4v) is 4.80. The van der Waals surface area contributed by atoms with Gasteiger partial charge in [0.2, 0.25) is 0 Å². The number of benzene rings is 1. The van der Waals surface area contributed by atoms with Crippen molar-refractivity contribution in [2.45, 2.75) is 38.2 Å². The molecule has 1 saturated carbocycles. The Labute approximate surface area is 237 Å². The molecule has 1 unspecified atom stereocenters. The van der Waals surface area contributed by atoms with Gasteiger partial charge in [-0.3, -0.25) is 24.5 Å². The number of carbonyl (C=O) groups is 2. The Hall–Kier alpha value is -3.54. The van der Waals surface area contributed by atoms with Crippen LogP contribution >= 0.6 is 23.2 Å². The second-order valence-electron chi connectivity index (χ2n) is 9.35. The summed E-state index contributed by atoms with van der Waals surface area (Å²) in [4.78, 5) is 34.8. The van der Waals surface area contributed by atoms with E-state index in [1.54, 1.807) is 6.07 Å². The molecule has 0 bridgehead atoms. The average Bonchev–Trinajstić information content (AvgIpc) is 3.73. The minimum Gasteiger partial charge on any atom is -0.489 e. The standard InChI is InChI=1S/C27H23Cl2F2N3O6/c28-18-10-32-11-19(29)17(18)9-21(15-5-6-20(40-27(30)31)22(8-15)38-13-14-3-4-14)39-23(35)12-34-25(36)16-2-1-7-33-24(16)26(34)37/h1-2,5-8,10-11,14,21,26-27,37H,3-4,9,12-13H2/t21-,26?/m0/s1. The van der Waals surface area contributed by atoms with Gasteiger partial charge in [0.15, 0.2) is 17.7 Å². The highest BCUT2D eigenvalue weighted by molar-refractivity contribution is 6.35. The minimum absolute atomic E-state index is 0.0126. The molecule has 210 valence electrons. The maximum Gasteiger partial charge on any atom is 0.387 e. The van der Waals surface area contributed by atoms with E-state index in [1.807, 2.05) is 0 Å². The number of hydrogen-bond donors (Lipinski definition) is 1. The van der Waals surface area contributed by atoms with Gasteiger partial charge in [0.25, 0.3) is 5.91 Å². The summed E-state index contributed by atoms with van der Waals surface area (Å²) in [5.74, 6) is -1.20. The second kappa shape index (κ2) is 11.9. The molecule has 3 heterocycles. The summed E-state index contributed by atoms with van der Waals surface area (Å²) in [7, 11) is 0. The highest BCUT2D eigenvalue weighted by atomic mass is 35.5. The van der Waals surface area contributed by atoms with Crippen LogP contribution in [0.15, 0.2) is 48.9 Å². The van der Waals surface area contributed by atoms with Crippen molar-refractivity contribution >= 4 is 35.1 Å². The summed E-state index contributed by atoms with van der Waals surface area (Å²) in [6.45, 7) is -3.33. The van der Waals surface area contributed by atoms with Gasteiger partial charge in [0.1, 0.15) is 18.3 Å². The van der Waals surface area contributed by atoms with Crippen LogP contribution in [0.1, 0.15) is 52.4 Å². The lowest BCUT2D eigenvalue weighted by molar-refractivity contribution is -0.152. The number of nitrogens with zero attached hydrogens (tertiary/aromatic N) is 3. The highest BCUT2D eigenvalue weighted by Crippen LogP contribution is 2.38. The van der Waals surface area contributed by atoms with Crippen molar-refractivity contribution < 1.29 is 37.7 Å². The lowest BCUT2D eigenvalue weighted by atomic mass is 10.0. The van der Waals surface area contributed by atoms with Crippen LogP contribution in [0, 0.1) is 5.92 Å². The number of alkyl halides is 2. The van der Waals surface area contributed by atoms with E-state index in [0.29, 0.717) is 23.7 Å². The smallest absolute Gasteiger partial charge is 0.387 e. The van der Waals surface area contributed by atoms with Gasteiger partial charge in [-0.1, -0.05) is 29.3 Å². The number of pyridine rings is 2. The largest absolute Gasteiger partial charge is 0.489 e. The van der Waals surface area contributed by atoms with Crippen molar-refractivity contribution in [2.75, 3.05) is 13.2 Å². The molecule has 2 aromatic heterocycles. The molecule has 1 aliphatic carbocycles. The molecule has 1 aliphatic heterocycles. The lowest BCUT2D eigenvalue weighted by Crippen LogP contribution is -2.35. The predicted molar refractivity (Wildman–Crippen MR) is 138 cm³/mol. The Bertz CT molecular complexity index is 1400. The minimum atomic E-state index is -3.07. The summed E-state index contributed by atoms with van der Waals surface area (Å²) in [6, 6.07) is 7.26. The van der Waals surface area contributed by atoms with E-state index in [4.69, 9.17) is 32.7 Å². The van der Waals surface area contributed by atoms with Gasteiger partial charge >= 0.3 is 12.6 Å². The molecular formula is C27H23Cl2F2N3O6. The van der Waals surface area contributed by atoms with Crippen LogP contribution in [0.5, 0.6) is 11.5 Å². The molecule has 1 amide bonds. The summed E-state index contributed by atoms with van der Waals surface area (Å²) < 4.78 is 42.2. The molecular weight excluding hydrogens is 571 g/mol. The normalized spacial score (nSPS) is 17.1. The van der Waals surface area contributed by atoms with Gasteiger partial charge in [0.05, 0.1) is 22.2 Å². The molecule has 40 heavy (non-hydrogen) atoms. The molecule has 3 aromatic rings. The second-order valence-corrected chi connectivity index (χ2v) is 10.2. The predicted octanol–water partition coefficient (Wildman–Crippen LogP) is 5.15. The first-order valence-corrected chi connectivity index (χ1v) is 13.1. The number of amides is 1. The van der Waals surface area contributed by atoms with Gasteiger partial charge in [-0.2, -0.15) is 8.78 Å². The monoisotopic (exact) mass is 593 g/mol. The SMILES string of the molecule is O=C(CN1C(=O)c2cccnc2C1O)O[C@@H](Cc1c(Cl)cncc1Cl)c1ccc(OC(F)F)c(OCC2CC2)c1. The number of hydrogen-bond acceptors (Lipinski definition) is 8. The number of ether oxygens (including phenoxy) is 3. The number of aliphatic hydroxyl groups excluding tert-OH is 1. The maximum absolute atomic E-state index is 13.1. The Morgan fingerprint density at radius 1 is 1.15 bits per heavy atom. The van der Waals surface area contributed by atoms with Crippen molar-refractivity contribution in [3.8, 4) is 11.5 Å². The molecule has 1 fully saturated rings. The number of aromatic nitrogens is 2. The number of aliphatic hydroxyl groups is 1. The van der Waals surface area contributed by atoms with Crippen LogP contribution in [-0.2, 0) is 16.0 Å². The van der Waals surface area contributed by atoms with E-state index in [2.05, 4.69) is 14.7 Å². The van der Waals surface area contributed by atoms with E-state index < -0.39 is 37.4 Å². The Kier molecular flexibility index (Phi) is 8.34.